The number of nitrogens with one attached hydrogen (secondary N) is 1. The largest absolute Gasteiger partial charge is 0.376 e. The van der Waals surface area contributed by atoms with Crippen molar-refractivity contribution >= 4 is 54.8 Å². The first-order valence-corrected chi connectivity index (χ1v) is 8.19. The van der Waals surface area contributed by atoms with Crippen LogP contribution in [-0.2, 0) is 0 Å². The Hall–Kier alpha value is -1.10. The zero-order chi connectivity index (χ0) is 14.1. The van der Waals surface area contributed by atoms with Gasteiger partial charge in [0.2, 0.25) is 0 Å². The van der Waals surface area contributed by atoms with Crippen molar-refractivity contribution in [3.8, 4) is 0 Å². The molecule has 1 unspecified atom stereocenters. The minimum absolute atomic E-state index is 0.153. The highest BCUT2D eigenvalue weighted by molar-refractivity contribution is 9.10. The van der Waals surface area contributed by atoms with E-state index >= 15 is 0 Å². The summed E-state index contributed by atoms with van der Waals surface area (Å²) in [6.07, 6.45) is 0. The number of halogens is 2. The van der Waals surface area contributed by atoms with E-state index in [-0.39, 0.29) is 6.04 Å². The number of hydrogen-bond acceptors (Lipinski definition) is 3. The number of rotatable bonds is 3. The molecule has 20 heavy (non-hydrogen) atoms. The van der Waals surface area contributed by atoms with Gasteiger partial charge in [0.15, 0.2) is 0 Å². The van der Waals surface area contributed by atoms with Gasteiger partial charge in [-0.3, -0.25) is 0 Å². The third kappa shape index (κ3) is 2.82. The number of aromatic nitrogens is 1. The molecule has 0 saturated carbocycles. The summed E-state index contributed by atoms with van der Waals surface area (Å²) in [5, 5.41) is 5.24. The van der Waals surface area contributed by atoms with Crippen molar-refractivity contribution in [2.75, 3.05) is 5.32 Å². The van der Waals surface area contributed by atoms with E-state index in [1.807, 2.05) is 36.4 Å². The molecule has 0 bridgehead atoms. The first-order valence-electron chi connectivity index (χ1n) is 6.20. The van der Waals surface area contributed by atoms with Crippen molar-refractivity contribution in [1.82, 2.24) is 4.98 Å². The Kier molecular flexibility index (Phi) is 3.96. The molecule has 0 aliphatic heterocycles. The number of para-hydroxylation sites is 1. The Labute approximate surface area is 134 Å². The summed E-state index contributed by atoms with van der Waals surface area (Å²) < 4.78 is 2.11. The molecule has 0 saturated heterocycles. The summed E-state index contributed by atoms with van der Waals surface area (Å²) in [6, 6.07) is 14.2. The van der Waals surface area contributed by atoms with Crippen LogP contribution in [0.25, 0.3) is 10.2 Å². The summed E-state index contributed by atoms with van der Waals surface area (Å²) in [7, 11) is 0. The van der Waals surface area contributed by atoms with Gasteiger partial charge in [0, 0.05) is 10.2 Å². The SMILES string of the molecule is CC(Nc1ccc(Cl)c(Br)c1)c1nc2ccccc2s1. The van der Waals surface area contributed by atoms with Crippen LogP contribution in [0.15, 0.2) is 46.9 Å². The lowest BCUT2D eigenvalue weighted by atomic mass is 10.2. The molecule has 102 valence electrons. The molecule has 0 radical (unpaired) electrons. The second-order valence-electron chi connectivity index (χ2n) is 4.51. The summed E-state index contributed by atoms with van der Waals surface area (Å²) in [5.41, 5.74) is 2.08. The van der Waals surface area contributed by atoms with Crippen LogP contribution in [0, 0.1) is 0 Å². The molecule has 0 aliphatic carbocycles. The lowest BCUT2D eigenvalue weighted by molar-refractivity contribution is 0.874. The van der Waals surface area contributed by atoms with Gasteiger partial charge < -0.3 is 5.32 Å². The van der Waals surface area contributed by atoms with E-state index in [0.717, 1.165) is 20.7 Å². The molecule has 3 rings (SSSR count). The van der Waals surface area contributed by atoms with Crippen LogP contribution in [0.3, 0.4) is 0 Å². The zero-order valence-corrected chi connectivity index (χ0v) is 13.9. The number of benzene rings is 2. The predicted octanol–water partition coefficient (Wildman–Crippen LogP) is 5.89. The van der Waals surface area contributed by atoms with E-state index in [1.54, 1.807) is 11.3 Å². The molecule has 0 fully saturated rings. The normalized spacial score (nSPS) is 12.6. The fraction of sp³-hybridized carbons (Fsp3) is 0.133. The van der Waals surface area contributed by atoms with Crippen LogP contribution in [0.2, 0.25) is 5.02 Å². The highest BCUT2D eigenvalue weighted by atomic mass is 79.9. The van der Waals surface area contributed by atoms with Gasteiger partial charge in [-0.15, -0.1) is 11.3 Å². The smallest absolute Gasteiger partial charge is 0.116 e. The average Bonchev–Trinajstić information content (AvgIpc) is 2.87. The summed E-state index contributed by atoms with van der Waals surface area (Å²) >= 11 is 11.2. The van der Waals surface area contributed by atoms with E-state index in [2.05, 4.69) is 39.2 Å². The third-order valence-corrected chi connectivity index (χ3v) is 5.42. The van der Waals surface area contributed by atoms with E-state index in [9.17, 15) is 0 Å². The average molecular weight is 368 g/mol. The summed E-state index contributed by atoms with van der Waals surface area (Å²) in [5.74, 6) is 0. The number of thiazole rings is 1. The molecule has 1 aromatic heterocycles. The Balaban J connectivity index is 1.84. The molecular weight excluding hydrogens is 356 g/mol. The Morgan fingerprint density at radius 2 is 2.05 bits per heavy atom. The van der Waals surface area contributed by atoms with Crippen LogP contribution in [0.4, 0.5) is 5.69 Å². The van der Waals surface area contributed by atoms with Gasteiger partial charge in [0.05, 0.1) is 21.3 Å². The van der Waals surface area contributed by atoms with Crippen molar-refractivity contribution in [2.45, 2.75) is 13.0 Å². The van der Waals surface area contributed by atoms with Crippen LogP contribution >= 0.6 is 38.9 Å². The van der Waals surface area contributed by atoms with Crippen molar-refractivity contribution in [3.63, 3.8) is 0 Å². The predicted molar refractivity (Wildman–Crippen MR) is 90.8 cm³/mol. The fourth-order valence-corrected chi connectivity index (χ4v) is 3.44. The third-order valence-electron chi connectivity index (χ3n) is 2.98. The van der Waals surface area contributed by atoms with Crippen molar-refractivity contribution in [1.29, 1.82) is 0 Å². The quantitative estimate of drug-likeness (QED) is 0.624. The van der Waals surface area contributed by atoms with Gasteiger partial charge in [-0.2, -0.15) is 0 Å². The first-order chi connectivity index (χ1) is 9.63. The first kappa shape index (κ1) is 13.9. The van der Waals surface area contributed by atoms with Gasteiger partial charge in [-0.05, 0) is 53.2 Å². The van der Waals surface area contributed by atoms with Gasteiger partial charge in [-0.1, -0.05) is 23.7 Å². The number of hydrogen-bond donors (Lipinski definition) is 1. The zero-order valence-electron chi connectivity index (χ0n) is 10.7. The molecule has 3 aromatic rings. The highest BCUT2D eigenvalue weighted by Gasteiger charge is 2.11. The maximum atomic E-state index is 6.00. The van der Waals surface area contributed by atoms with Crippen LogP contribution in [-0.4, -0.2) is 4.98 Å². The molecule has 2 nitrogen and oxygen atoms in total. The van der Waals surface area contributed by atoms with Gasteiger partial charge >= 0.3 is 0 Å². The second kappa shape index (κ2) is 5.72. The molecular formula is C15H12BrClN2S. The van der Waals surface area contributed by atoms with Gasteiger partial charge in [0.1, 0.15) is 5.01 Å². The molecule has 0 aliphatic rings. The van der Waals surface area contributed by atoms with E-state index in [0.29, 0.717) is 5.02 Å². The summed E-state index contributed by atoms with van der Waals surface area (Å²) in [4.78, 5) is 4.67. The maximum absolute atomic E-state index is 6.00. The highest BCUT2D eigenvalue weighted by Crippen LogP contribution is 2.30. The van der Waals surface area contributed by atoms with Crippen LogP contribution in [0.1, 0.15) is 18.0 Å². The van der Waals surface area contributed by atoms with E-state index in [1.165, 1.54) is 4.70 Å². The minimum atomic E-state index is 0.153. The van der Waals surface area contributed by atoms with Gasteiger partial charge in [0.25, 0.3) is 0 Å². The number of fused-ring (bicyclic) bond motifs is 1. The monoisotopic (exact) mass is 366 g/mol. The number of nitrogens with zero attached hydrogens (tertiary/aromatic N) is 1. The molecule has 5 heteroatoms. The fourth-order valence-electron chi connectivity index (χ4n) is 1.97. The molecule has 2 aromatic carbocycles. The van der Waals surface area contributed by atoms with E-state index < -0.39 is 0 Å². The molecule has 1 atom stereocenters. The minimum Gasteiger partial charge on any atom is -0.376 e. The van der Waals surface area contributed by atoms with E-state index in [4.69, 9.17) is 11.6 Å². The Morgan fingerprint density at radius 1 is 1.25 bits per heavy atom. The number of anilines is 1. The topological polar surface area (TPSA) is 24.9 Å². The Bertz CT molecular complexity index is 723. The van der Waals surface area contributed by atoms with Crippen molar-refractivity contribution < 1.29 is 0 Å². The molecule has 0 spiro atoms. The standard InChI is InChI=1S/C15H12BrClN2S/c1-9(18-10-6-7-12(17)11(16)8-10)15-19-13-4-2-3-5-14(13)20-15/h2-9,18H,1H3. The van der Waals surface area contributed by atoms with Crippen molar-refractivity contribution in [2.24, 2.45) is 0 Å². The van der Waals surface area contributed by atoms with Crippen molar-refractivity contribution in [3.05, 3.63) is 57.0 Å². The second-order valence-corrected chi connectivity index (χ2v) is 6.84. The Morgan fingerprint density at radius 3 is 2.80 bits per heavy atom. The van der Waals surface area contributed by atoms with Gasteiger partial charge in [-0.25, -0.2) is 4.98 Å². The lowest BCUT2D eigenvalue weighted by Gasteiger charge is -2.13. The summed E-state index contributed by atoms with van der Waals surface area (Å²) in [6.45, 7) is 2.11. The molecule has 1 heterocycles. The lowest BCUT2D eigenvalue weighted by Crippen LogP contribution is -2.05. The molecule has 1 N–H and O–H groups in total. The van der Waals surface area contributed by atoms with Crippen LogP contribution < -0.4 is 5.32 Å². The van der Waals surface area contributed by atoms with Crippen LogP contribution in [0.5, 0.6) is 0 Å². The molecule has 0 amide bonds. The maximum Gasteiger partial charge on any atom is 0.116 e.